The summed E-state index contributed by atoms with van der Waals surface area (Å²) in [7, 11) is 0. The van der Waals surface area contributed by atoms with Gasteiger partial charge in [0.05, 0.1) is 0 Å². The molecule has 1 amide bonds. The zero-order chi connectivity index (χ0) is 18.7. The third-order valence-corrected chi connectivity index (χ3v) is 4.52. The summed E-state index contributed by atoms with van der Waals surface area (Å²) >= 11 is 3.40. The molecule has 5 nitrogen and oxygen atoms in total. The molecule has 0 spiro atoms. The molecule has 1 unspecified atom stereocenters. The van der Waals surface area contributed by atoms with E-state index in [0.717, 1.165) is 21.2 Å². The summed E-state index contributed by atoms with van der Waals surface area (Å²) in [6.45, 7) is 5.61. The highest BCUT2D eigenvalue weighted by molar-refractivity contribution is 9.10. The average Bonchev–Trinajstić information content (AvgIpc) is 2.96. The largest absolute Gasteiger partial charge is 0.441 e. The summed E-state index contributed by atoms with van der Waals surface area (Å²) in [6, 6.07) is 15.4. The van der Waals surface area contributed by atoms with Gasteiger partial charge >= 0.3 is 6.09 Å². The fraction of sp³-hybridized carbons (Fsp3) is 0.200. The molecule has 1 atom stereocenters. The van der Waals surface area contributed by atoms with Gasteiger partial charge < -0.3 is 9.26 Å². The lowest BCUT2D eigenvalue weighted by Gasteiger charge is -2.15. The third-order valence-electron chi connectivity index (χ3n) is 3.99. The second kappa shape index (κ2) is 7.74. The summed E-state index contributed by atoms with van der Waals surface area (Å²) < 4.78 is 11.9. The van der Waals surface area contributed by atoms with Crippen molar-refractivity contribution in [3.8, 4) is 11.3 Å². The Morgan fingerprint density at radius 2 is 1.92 bits per heavy atom. The van der Waals surface area contributed by atoms with Gasteiger partial charge in [-0.1, -0.05) is 50.9 Å². The molecule has 0 fully saturated rings. The number of nitrogens with zero attached hydrogens (tertiary/aromatic N) is 1. The summed E-state index contributed by atoms with van der Waals surface area (Å²) in [5.41, 5.74) is 3.97. The first-order valence-corrected chi connectivity index (χ1v) is 8.99. The molecular formula is C20H19BrN2O3. The maximum atomic E-state index is 12.4. The number of anilines is 1. The van der Waals surface area contributed by atoms with Crippen molar-refractivity contribution in [1.82, 2.24) is 5.16 Å². The Morgan fingerprint density at radius 1 is 1.19 bits per heavy atom. The molecule has 0 saturated heterocycles. The number of ether oxygens (including phenoxy) is 1. The van der Waals surface area contributed by atoms with Gasteiger partial charge in [-0.2, -0.15) is 0 Å². The van der Waals surface area contributed by atoms with Crippen LogP contribution < -0.4 is 5.32 Å². The number of halogens is 1. The third kappa shape index (κ3) is 4.14. The molecule has 134 valence electrons. The van der Waals surface area contributed by atoms with Gasteiger partial charge in [0.2, 0.25) is 0 Å². The van der Waals surface area contributed by atoms with Crippen LogP contribution in [0.4, 0.5) is 10.5 Å². The smallest absolute Gasteiger partial charge is 0.412 e. The van der Waals surface area contributed by atoms with Crippen LogP contribution in [0.25, 0.3) is 11.3 Å². The zero-order valence-corrected chi connectivity index (χ0v) is 16.3. The van der Waals surface area contributed by atoms with Gasteiger partial charge in [-0.25, -0.2) is 4.79 Å². The molecule has 6 heteroatoms. The molecule has 1 heterocycles. The first kappa shape index (κ1) is 18.2. The van der Waals surface area contributed by atoms with Crippen molar-refractivity contribution in [1.29, 1.82) is 0 Å². The van der Waals surface area contributed by atoms with Crippen LogP contribution >= 0.6 is 15.9 Å². The Balaban J connectivity index is 1.75. The highest BCUT2D eigenvalue weighted by Gasteiger charge is 2.19. The van der Waals surface area contributed by atoms with Crippen LogP contribution in [0, 0.1) is 13.8 Å². The predicted molar refractivity (Wildman–Crippen MR) is 104 cm³/mol. The van der Waals surface area contributed by atoms with Gasteiger partial charge in [0, 0.05) is 10.0 Å². The van der Waals surface area contributed by atoms with E-state index >= 15 is 0 Å². The number of hydrogen-bond acceptors (Lipinski definition) is 4. The van der Waals surface area contributed by atoms with Crippen molar-refractivity contribution in [3.63, 3.8) is 0 Å². The van der Waals surface area contributed by atoms with E-state index in [1.165, 1.54) is 0 Å². The normalized spacial score (nSPS) is 11.8. The monoisotopic (exact) mass is 414 g/mol. The summed E-state index contributed by atoms with van der Waals surface area (Å²) in [4.78, 5) is 12.4. The van der Waals surface area contributed by atoms with Gasteiger partial charge in [0.1, 0.15) is 17.5 Å². The Hall–Kier alpha value is -2.60. The topological polar surface area (TPSA) is 64.4 Å². The number of carbonyl (C=O) groups is 1. The minimum Gasteiger partial charge on any atom is -0.441 e. The van der Waals surface area contributed by atoms with Crippen LogP contribution in [0.1, 0.15) is 29.8 Å². The Morgan fingerprint density at radius 3 is 2.62 bits per heavy atom. The van der Waals surface area contributed by atoms with Gasteiger partial charge in [-0.15, -0.1) is 0 Å². The van der Waals surface area contributed by atoms with Crippen molar-refractivity contribution < 1.29 is 14.1 Å². The minimum absolute atomic E-state index is 0.369. The number of aryl methyl sites for hydroxylation is 2. The highest BCUT2D eigenvalue weighted by Crippen LogP contribution is 2.32. The van der Waals surface area contributed by atoms with Crippen LogP contribution in [0.3, 0.4) is 0 Å². The second-order valence-electron chi connectivity index (χ2n) is 6.07. The van der Waals surface area contributed by atoms with Crippen molar-refractivity contribution in [2.45, 2.75) is 26.9 Å². The molecule has 3 rings (SSSR count). The summed E-state index contributed by atoms with van der Waals surface area (Å²) in [5, 5.41) is 6.72. The minimum atomic E-state index is -0.552. The molecule has 26 heavy (non-hydrogen) atoms. The zero-order valence-electron chi connectivity index (χ0n) is 14.7. The molecule has 0 aliphatic carbocycles. The molecule has 0 radical (unpaired) electrons. The number of hydrogen-bond donors (Lipinski definition) is 1. The molecule has 0 aliphatic heterocycles. The first-order chi connectivity index (χ1) is 12.4. The van der Waals surface area contributed by atoms with E-state index < -0.39 is 6.09 Å². The van der Waals surface area contributed by atoms with Crippen LogP contribution in [0.5, 0.6) is 0 Å². The molecule has 0 aliphatic rings. The van der Waals surface area contributed by atoms with E-state index in [-0.39, 0.29) is 6.10 Å². The quantitative estimate of drug-likeness (QED) is 0.565. The number of carbonyl (C=O) groups excluding carboxylic acids is 1. The molecule has 0 saturated carbocycles. The van der Waals surface area contributed by atoms with Gasteiger partial charge in [0.15, 0.2) is 5.76 Å². The number of nitrogens with one attached hydrogen (secondary N) is 1. The van der Waals surface area contributed by atoms with Crippen molar-refractivity contribution >= 4 is 27.7 Å². The van der Waals surface area contributed by atoms with Crippen LogP contribution in [0.2, 0.25) is 0 Å². The SMILES string of the molecule is Cc1cccc(C(C)OC(=O)Nc2c(C)noc2-c2ccc(Br)cc2)c1. The van der Waals surface area contributed by atoms with Crippen molar-refractivity contribution in [3.05, 3.63) is 69.8 Å². The highest BCUT2D eigenvalue weighted by atomic mass is 79.9. The van der Waals surface area contributed by atoms with Gasteiger partial charge in [-0.05, 0) is 50.6 Å². The van der Waals surface area contributed by atoms with E-state index in [0.29, 0.717) is 17.1 Å². The summed E-state index contributed by atoms with van der Waals surface area (Å²) in [5.74, 6) is 0.496. The van der Waals surface area contributed by atoms with Crippen molar-refractivity contribution in [2.24, 2.45) is 0 Å². The Kier molecular flexibility index (Phi) is 5.42. The van der Waals surface area contributed by atoms with E-state index in [9.17, 15) is 4.79 Å². The van der Waals surface area contributed by atoms with Gasteiger partial charge in [-0.3, -0.25) is 5.32 Å². The predicted octanol–water partition coefficient (Wildman–Crippen LogP) is 6.03. The second-order valence-corrected chi connectivity index (χ2v) is 6.98. The number of amides is 1. The summed E-state index contributed by atoms with van der Waals surface area (Å²) in [6.07, 6.45) is -0.921. The fourth-order valence-corrected chi connectivity index (χ4v) is 2.86. The number of benzene rings is 2. The van der Waals surface area contributed by atoms with Crippen LogP contribution in [-0.4, -0.2) is 11.2 Å². The number of rotatable bonds is 4. The standard InChI is InChI=1S/C20H19BrN2O3/c1-12-5-4-6-16(11-12)14(3)25-20(24)22-18-13(2)23-26-19(18)15-7-9-17(21)10-8-15/h4-11,14H,1-3H3,(H,22,24). The van der Waals surface area contributed by atoms with Crippen LogP contribution in [-0.2, 0) is 4.74 Å². The van der Waals surface area contributed by atoms with Crippen molar-refractivity contribution in [2.75, 3.05) is 5.32 Å². The molecular weight excluding hydrogens is 396 g/mol. The lowest BCUT2D eigenvalue weighted by Crippen LogP contribution is -2.16. The lowest BCUT2D eigenvalue weighted by atomic mass is 10.1. The molecule has 0 bridgehead atoms. The maximum Gasteiger partial charge on any atom is 0.412 e. The van der Waals surface area contributed by atoms with E-state index in [1.54, 1.807) is 6.92 Å². The van der Waals surface area contributed by atoms with Gasteiger partial charge in [0.25, 0.3) is 0 Å². The van der Waals surface area contributed by atoms with E-state index in [1.807, 2.05) is 62.4 Å². The number of aromatic nitrogens is 1. The molecule has 1 aromatic heterocycles. The van der Waals surface area contributed by atoms with Crippen LogP contribution in [0.15, 0.2) is 57.5 Å². The van der Waals surface area contributed by atoms with E-state index in [4.69, 9.17) is 9.26 Å². The molecule has 3 aromatic rings. The average molecular weight is 415 g/mol. The Labute approximate surface area is 160 Å². The first-order valence-electron chi connectivity index (χ1n) is 8.20. The fourth-order valence-electron chi connectivity index (χ4n) is 2.60. The Bertz CT molecular complexity index is 919. The maximum absolute atomic E-state index is 12.4. The molecule has 2 aromatic carbocycles. The van der Waals surface area contributed by atoms with E-state index in [2.05, 4.69) is 26.4 Å². The molecule has 1 N–H and O–H groups in total. The lowest BCUT2D eigenvalue weighted by molar-refractivity contribution is 0.121.